The summed E-state index contributed by atoms with van der Waals surface area (Å²) in [5, 5.41) is 16.8. The SMILES string of the molecule is O=C(NCCN1CCNC1=O)C1=NOC2(CCCN(Cc3ccccn3)C2)C1.O=C(O)C(F)(F)F. The molecule has 4 rings (SSSR count). The van der Waals surface area contributed by atoms with Gasteiger partial charge < -0.3 is 25.5 Å². The van der Waals surface area contributed by atoms with Gasteiger partial charge in [-0.3, -0.25) is 14.7 Å². The molecule has 0 aromatic carbocycles. The molecule has 0 bridgehead atoms. The quantitative estimate of drug-likeness (QED) is 0.529. The number of aliphatic carboxylic acids is 1. The van der Waals surface area contributed by atoms with Crippen molar-refractivity contribution in [2.24, 2.45) is 5.16 Å². The molecule has 3 aliphatic rings. The van der Waals surface area contributed by atoms with Gasteiger partial charge in [0.2, 0.25) is 0 Å². The van der Waals surface area contributed by atoms with Crippen LogP contribution in [0.4, 0.5) is 18.0 Å². The van der Waals surface area contributed by atoms with Crippen molar-refractivity contribution in [1.29, 1.82) is 0 Å². The van der Waals surface area contributed by atoms with Crippen LogP contribution in [0, 0.1) is 0 Å². The van der Waals surface area contributed by atoms with E-state index < -0.39 is 17.7 Å². The Morgan fingerprint density at radius 2 is 2.06 bits per heavy atom. The summed E-state index contributed by atoms with van der Waals surface area (Å²) in [6.07, 6.45) is -0.874. The van der Waals surface area contributed by atoms with Gasteiger partial charge in [0.05, 0.1) is 5.69 Å². The number of nitrogens with zero attached hydrogens (tertiary/aromatic N) is 4. The van der Waals surface area contributed by atoms with Gasteiger partial charge in [0.15, 0.2) is 5.60 Å². The van der Waals surface area contributed by atoms with E-state index in [0.29, 0.717) is 38.3 Å². The first-order chi connectivity index (χ1) is 16.6. The van der Waals surface area contributed by atoms with Crippen molar-refractivity contribution in [2.45, 2.75) is 37.6 Å². The van der Waals surface area contributed by atoms with E-state index in [1.54, 1.807) is 11.1 Å². The summed E-state index contributed by atoms with van der Waals surface area (Å²) in [4.78, 5) is 47.0. The molecule has 35 heavy (non-hydrogen) atoms. The van der Waals surface area contributed by atoms with E-state index in [4.69, 9.17) is 14.7 Å². The monoisotopic (exact) mass is 500 g/mol. The molecule has 11 nitrogen and oxygen atoms in total. The second-order valence-electron chi connectivity index (χ2n) is 8.40. The number of hydrogen-bond donors (Lipinski definition) is 3. The summed E-state index contributed by atoms with van der Waals surface area (Å²) in [6, 6.07) is 5.85. The smallest absolute Gasteiger partial charge is 0.475 e. The number of nitrogens with one attached hydrogen (secondary N) is 2. The van der Waals surface area contributed by atoms with Crippen molar-refractivity contribution in [3.8, 4) is 0 Å². The number of amides is 3. The van der Waals surface area contributed by atoms with Gasteiger partial charge in [-0.25, -0.2) is 9.59 Å². The predicted molar refractivity (Wildman–Crippen MR) is 116 cm³/mol. The van der Waals surface area contributed by atoms with Crippen LogP contribution in [0.3, 0.4) is 0 Å². The molecule has 1 aromatic heterocycles. The second-order valence-corrected chi connectivity index (χ2v) is 8.40. The Kier molecular flexibility index (Phi) is 8.48. The van der Waals surface area contributed by atoms with Crippen LogP contribution in [-0.4, -0.2) is 94.6 Å². The third kappa shape index (κ3) is 7.53. The van der Waals surface area contributed by atoms with E-state index in [0.717, 1.165) is 38.2 Å². The third-order valence-corrected chi connectivity index (χ3v) is 5.69. The van der Waals surface area contributed by atoms with Gasteiger partial charge in [0.1, 0.15) is 5.71 Å². The number of pyridine rings is 1. The van der Waals surface area contributed by atoms with Gasteiger partial charge in [0.25, 0.3) is 5.91 Å². The number of hydrogen-bond acceptors (Lipinski definition) is 7. The zero-order valence-corrected chi connectivity index (χ0v) is 18.9. The average molecular weight is 500 g/mol. The molecule has 1 spiro atoms. The van der Waals surface area contributed by atoms with Gasteiger partial charge in [-0.05, 0) is 31.5 Å². The number of urea groups is 1. The summed E-state index contributed by atoms with van der Waals surface area (Å²) in [6.45, 7) is 4.72. The number of carbonyl (C=O) groups excluding carboxylic acids is 2. The van der Waals surface area contributed by atoms with Gasteiger partial charge in [-0.1, -0.05) is 11.2 Å². The van der Waals surface area contributed by atoms with Crippen molar-refractivity contribution in [3.63, 3.8) is 0 Å². The molecule has 0 saturated carbocycles. The summed E-state index contributed by atoms with van der Waals surface area (Å²) >= 11 is 0. The van der Waals surface area contributed by atoms with Crippen LogP contribution in [0.5, 0.6) is 0 Å². The molecule has 1 atom stereocenters. The van der Waals surface area contributed by atoms with Crippen LogP contribution in [0.1, 0.15) is 25.0 Å². The number of halogens is 3. The number of likely N-dealkylation sites (tertiary alicyclic amines) is 1. The number of piperidine rings is 1. The second kappa shape index (κ2) is 11.3. The van der Waals surface area contributed by atoms with E-state index in [-0.39, 0.29) is 11.9 Å². The van der Waals surface area contributed by atoms with E-state index in [1.807, 2.05) is 18.2 Å². The van der Waals surface area contributed by atoms with Gasteiger partial charge in [-0.15, -0.1) is 0 Å². The Morgan fingerprint density at radius 1 is 1.29 bits per heavy atom. The van der Waals surface area contributed by atoms with Crippen molar-refractivity contribution >= 4 is 23.6 Å². The van der Waals surface area contributed by atoms with Crippen molar-refractivity contribution in [2.75, 3.05) is 39.3 Å². The first-order valence-electron chi connectivity index (χ1n) is 11.1. The molecule has 3 aliphatic heterocycles. The Hall–Kier alpha value is -3.42. The maximum Gasteiger partial charge on any atom is 0.490 e. The average Bonchev–Trinajstić information content (AvgIpc) is 3.40. The minimum absolute atomic E-state index is 0.0788. The molecule has 2 fully saturated rings. The lowest BCUT2D eigenvalue weighted by atomic mass is 9.88. The standard InChI is InChI=1S/C19H26N6O3.C2HF3O2/c26-17(21-7-10-25-11-8-22-18(25)27)16-12-19(28-23-16)5-3-9-24(14-19)13-15-4-1-2-6-20-15;3-2(4,5)1(6)7/h1-2,4,6H,3,5,7-14H2,(H,21,26)(H,22,27);(H,6,7). The van der Waals surface area contributed by atoms with Crippen molar-refractivity contribution < 1.29 is 37.5 Å². The number of carbonyl (C=O) groups is 3. The zero-order chi connectivity index (χ0) is 25.5. The molecular formula is C21H27F3N6O5. The molecular weight excluding hydrogens is 473 g/mol. The molecule has 3 amide bonds. The Morgan fingerprint density at radius 3 is 2.69 bits per heavy atom. The highest BCUT2D eigenvalue weighted by Gasteiger charge is 2.44. The third-order valence-electron chi connectivity index (χ3n) is 5.69. The fourth-order valence-electron chi connectivity index (χ4n) is 4.04. The minimum Gasteiger partial charge on any atom is -0.475 e. The molecule has 14 heteroatoms. The largest absolute Gasteiger partial charge is 0.490 e. The predicted octanol–water partition coefficient (Wildman–Crippen LogP) is 0.967. The lowest BCUT2D eigenvalue weighted by Crippen LogP contribution is -2.48. The van der Waals surface area contributed by atoms with E-state index in [2.05, 4.69) is 25.7 Å². The lowest BCUT2D eigenvalue weighted by Gasteiger charge is -2.38. The van der Waals surface area contributed by atoms with E-state index >= 15 is 0 Å². The maximum absolute atomic E-state index is 12.4. The summed E-state index contributed by atoms with van der Waals surface area (Å²) in [5.41, 5.74) is 1.04. The van der Waals surface area contributed by atoms with Crippen LogP contribution in [-0.2, 0) is 21.0 Å². The molecule has 1 aromatic rings. The molecule has 2 saturated heterocycles. The normalized spacial score (nSPS) is 22.1. The van der Waals surface area contributed by atoms with E-state index in [1.165, 1.54) is 0 Å². The number of carboxylic acid groups (broad SMARTS) is 1. The molecule has 192 valence electrons. The van der Waals surface area contributed by atoms with Crippen LogP contribution in [0.25, 0.3) is 0 Å². The van der Waals surface area contributed by atoms with Crippen LogP contribution < -0.4 is 10.6 Å². The number of oxime groups is 1. The number of aromatic nitrogens is 1. The van der Waals surface area contributed by atoms with Crippen LogP contribution in [0.2, 0.25) is 0 Å². The Labute approximate surface area is 199 Å². The molecule has 4 heterocycles. The number of carboxylic acids is 1. The lowest BCUT2D eigenvalue weighted by molar-refractivity contribution is -0.192. The molecule has 1 unspecified atom stereocenters. The van der Waals surface area contributed by atoms with Gasteiger partial charge in [-0.2, -0.15) is 13.2 Å². The summed E-state index contributed by atoms with van der Waals surface area (Å²) < 4.78 is 31.7. The fraction of sp³-hybridized carbons (Fsp3) is 0.571. The molecule has 0 aliphatic carbocycles. The zero-order valence-electron chi connectivity index (χ0n) is 18.9. The summed E-state index contributed by atoms with van der Waals surface area (Å²) in [5.74, 6) is -2.97. The van der Waals surface area contributed by atoms with Crippen molar-refractivity contribution in [1.82, 2.24) is 25.4 Å². The molecule has 3 N–H and O–H groups in total. The highest BCUT2D eigenvalue weighted by Crippen LogP contribution is 2.33. The first-order valence-corrected chi connectivity index (χ1v) is 11.1. The van der Waals surface area contributed by atoms with E-state index in [9.17, 15) is 22.8 Å². The Bertz CT molecular complexity index is 945. The highest BCUT2D eigenvalue weighted by molar-refractivity contribution is 6.39. The maximum atomic E-state index is 12.4. The number of rotatable bonds is 6. The van der Waals surface area contributed by atoms with Gasteiger partial charge >= 0.3 is 18.2 Å². The molecule has 0 radical (unpaired) electrons. The van der Waals surface area contributed by atoms with Gasteiger partial charge in [0, 0.05) is 51.9 Å². The van der Waals surface area contributed by atoms with Crippen molar-refractivity contribution in [3.05, 3.63) is 30.1 Å². The Balaban J connectivity index is 0.000000429. The first kappa shape index (κ1) is 26.2. The number of alkyl halides is 3. The van der Waals surface area contributed by atoms with Crippen LogP contribution in [0.15, 0.2) is 29.6 Å². The topological polar surface area (TPSA) is 136 Å². The van der Waals surface area contributed by atoms with Crippen LogP contribution >= 0.6 is 0 Å². The minimum atomic E-state index is -5.08. The summed E-state index contributed by atoms with van der Waals surface area (Å²) in [7, 11) is 0. The highest BCUT2D eigenvalue weighted by atomic mass is 19.4. The fourth-order valence-corrected chi connectivity index (χ4v) is 4.04.